The van der Waals surface area contributed by atoms with E-state index in [0.29, 0.717) is 34.8 Å². The predicted octanol–water partition coefficient (Wildman–Crippen LogP) is 6.47. The summed E-state index contributed by atoms with van der Waals surface area (Å²) in [5, 5.41) is 3.02. The SMILES string of the molecule is CC(C)(N)c1ccc(-c2ncc(NC(=O)CC3CC[CH]CC3)cc2-c2ccccc2)cc1F. The zero-order chi connectivity index (χ0) is 23.4. The quantitative estimate of drug-likeness (QED) is 0.458. The van der Waals surface area contributed by atoms with Gasteiger partial charge in [0.05, 0.1) is 17.6 Å². The molecule has 5 heteroatoms. The maximum absolute atomic E-state index is 14.9. The van der Waals surface area contributed by atoms with Crippen molar-refractivity contribution in [2.75, 3.05) is 5.32 Å². The lowest BCUT2D eigenvalue weighted by atomic mass is 9.87. The van der Waals surface area contributed by atoms with Gasteiger partial charge < -0.3 is 11.1 Å². The largest absolute Gasteiger partial charge is 0.325 e. The highest BCUT2D eigenvalue weighted by atomic mass is 19.1. The number of nitrogens with two attached hydrogens (primary N) is 1. The van der Waals surface area contributed by atoms with Crippen LogP contribution in [0.25, 0.3) is 22.4 Å². The summed E-state index contributed by atoms with van der Waals surface area (Å²) in [6.07, 6.45) is 8.78. The van der Waals surface area contributed by atoms with Crippen LogP contribution in [0, 0.1) is 18.2 Å². The van der Waals surface area contributed by atoms with Crippen molar-refractivity contribution in [3.8, 4) is 22.4 Å². The van der Waals surface area contributed by atoms with Crippen molar-refractivity contribution in [1.29, 1.82) is 0 Å². The Morgan fingerprint density at radius 3 is 2.48 bits per heavy atom. The van der Waals surface area contributed by atoms with Gasteiger partial charge in [-0.3, -0.25) is 9.78 Å². The van der Waals surface area contributed by atoms with Crippen LogP contribution in [0.4, 0.5) is 10.1 Å². The molecule has 0 unspecified atom stereocenters. The molecule has 2 aromatic carbocycles. The molecule has 0 aliphatic heterocycles. The van der Waals surface area contributed by atoms with E-state index in [1.54, 1.807) is 26.1 Å². The second kappa shape index (κ2) is 9.84. The lowest BCUT2D eigenvalue weighted by Gasteiger charge is -2.21. The van der Waals surface area contributed by atoms with Crippen LogP contribution in [0.5, 0.6) is 0 Å². The monoisotopic (exact) mass is 444 g/mol. The summed E-state index contributed by atoms with van der Waals surface area (Å²) in [6.45, 7) is 3.56. The highest BCUT2D eigenvalue weighted by molar-refractivity contribution is 5.93. The van der Waals surface area contributed by atoms with Crippen LogP contribution in [0.3, 0.4) is 0 Å². The van der Waals surface area contributed by atoms with Gasteiger partial charge in [0.1, 0.15) is 5.82 Å². The van der Waals surface area contributed by atoms with Crippen LogP contribution in [-0.4, -0.2) is 10.9 Å². The standard InChI is InChI=1S/C28H31FN3O/c1-28(2,30)24-14-13-21(16-25(24)29)27-23(20-11-7-4-8-12-20)17-22(18-31-27)32-26(33)15-19-9-5-3-6-10-19/h3-4,7-8,11-14,16-19H,5-6,9-10,15,30H2,1-2H3,(H,32,33). The van der Waals surface area contributed by atoms with Crippen molar-refractivity contribution in [1.82, 2.24) is 4.98 Å². The summed E-state index contributed by atoms with van der Waals surface area (Å²) in [7, 11) is 0. The number of hydrogen-bond acceptors (Lipinski definition) is 3. The number of rotatable bonds is 6. The number of nitrogens with zero attached hydrogens (tertiary/aromatic N) is 1. The third-order valence-corrected chi connectivity index (χ3v) is 6.23. The van der Waals surface area contributed by atoms with Crippen LogP contribution in [-0.2, 0) is 10.3 Å². The van der Waals surface area contributed by atoms with Gasteiger partial charge in [-0.1, -0.05) is 42.5 Å². The average molecular weight is 445 g/mol. The van der Waals surface area contributed by atoms with E-state index in [2.05, 4.69) is 16.7 Å². The molecule has 0 bridgehead atoms. The van der Waals surface area contributed by atoms with Crippen molar-refractivity contribution >= 4 is 11.6 Å². The molecule has 1 aliphatic carbocycles. The first kappa shape index (κ1) is 23.1. The summed E-state index contributed by atoms with van der Waals surface area (Å²) in [6, 6.07) is 16.8. The number of halogens is 1. The minimum atomic E-state index is -0.775. The molecule has 1 saturated carbocycles. The number of amides is 1. The molecule has 3 aromatic rings. The lowest BCUT2D eigenvalue weighted by molar-refractivity contribution is -0.117. The number of benzene rings is 2. The van der Waals surface area contributed by atoms with Crippen LogP contribution in [0.2, 0.25) is 0 Å². The molecule has 1 radical (unpaired) electrons. The average Bonchev–Trinajstić information content (AvgIpc) is 2.79. The molecule has 171 valence electrons. The molecule has 1 aromatic heterocycles. The van der Waals surface area contributed by atoms with Crippen molar-refractivity contribution in [3.63, 3.8) is 0 Å². The number of anilines is 1. The van der Waals surface area contributed by atoms with E-state index in [9.17, 15) is 9.18 Å². The fourth-order valence-corrected chi connectivity index (χ4v) is 4.46. The molecule has 1 fully saturated rings. The molecule has 4 nitrogen and oxygen atoms in total. The number of carbonyl (C=O) groups excluding carboxylic acids is 1. The van der Waals surface area contributed by atoms with Crippen LogP contribution in [0.1, 0.15) is 51.5 Å². The Kier molecular flexibility index (Phi) is 6.89. The number of carbonyl (C=O) groups is 1. The van der Waals surface area contributed by atoms with Crippen molar-refractivity contribution in [3.05, 3.63) is 78.6 Å². The zero-order valence-corrected chi connectivity index (χ0v) is 19.3. The highest BCUT2D eigenvalue weighted by Crippen LogP contribution is 2.34. The Morgan fingerprint density at radius 1 is 1.09 bits per heavy atom. The smallest absolute Gasteiger partial charge is 0.224 e. The van der Waals surface area contributed by atoms with Gasteiger partial charge in [0.25, 0.3) is 0 Å². The molecule has 4 rings (SSSR count). The Hall–Kier alpha value is -3.05. The molecule has 0 saturated heterocycles. The fourth-order valence-electron chi connectivity index (χ4n) is 4.46. The maximum Gasteiger partial charge on any atom is 0.224 e. The zero-order valence-electron chi connectivity index (χ0n) is 19.3. The summed E-state index contributed by atoms with van der Waals surface area (Å²) < 4.78 is 14.9. The van der Waals surface area contributed by atoms with Crippen LogP contribution >= 0.6 is 0 Å². The molecular formula is C28H31FN3O. The number of nitrogens with one attached hydrogen (secondary N) is 1. The lowest BCUT2D eigenvalue weighted by Crippen LogP contribution is -2.29. The second-order valence-electron chi connectivity index (χ2n) is 9.46. The maximum atomic E-state index is 14.9. The second-order valence-corrected chi connectivity index (χ2v) is 9.46. The normalized spacial score (nSPS) is 14.8. The van der Waals surface area contributed by atoms with E-state index in [4.69, 9.17) is 5.73 Å². The minimum absolute atomic E-state index is 0.0102. The van der Waals surface area contributed by atoms with E-state index in [1.807, 2.05) is 42.5 Å². The first-order valence-electron chi connectivity index (χ1n) is 11.6. The Morgan fingerprint density at radius 2 is 1.82 bits per heavy atom. The van der Waals surface area contributed by atoms with Gasteiger partial charge in [-0.2, -0.15) is 0 Å². The van der Waals surface area contributed by atoms with Gasteiger partial charge in [0.15, 0.2) is 0 Å². The topological polar surface area (TPSA) is 68.0 Å². The van der Waals surface area contributed by atoms with Gasteiger partial charge >= 0.3 is 0 Å². The Balaban J connectivity index is 1.65. The fraction of sp³-hybridized carbons (Fsp3) is 0.321. The van der Waals surface area contributed by atoms with Gasteiger partial charge in [0, 0.05) is 28.7 Å². The van der Waals surface area contributed by atoms with Crippen molar-refractivity contribution in [2.24, 2.45) is 11.7 Å². The number of aromatic nitrogens is 1. The van der Waals surface area contributed by atoms with Crippen molar-refractivity contribution in [2.45, 2.75) is 51.5 Å². The Labute approximate surface area is 195 Å². The van der Waals surface area contributed by atoms with Gasteiger partial charge in [0.2, 0.25) is 5.91 Å². The molecule has 1 amide bonds. The molecule has 3 N–H and O–H groups in total. The molecule has 33 heavy (non-hydrogen) atoms. The molecular weight excluding hydrogens is 413 g/mol. The molecule has 0 spiro atoms. The van der Waals surface area contributed by atoms with Crippen molar-refractivity contribution < 1.29 is 9.18 Å². The third-order valence-electron chi connectivity index (χ3n) is 6.23. The summed E-state index contributed by atoms with van der Waals surface area (Å²) in [5.74, 6) is 0.0862. The molecule has 1 heterocycles. The first-order chi connectivity index (χ1) is 15.8. The van der Waals surface area contributed by atoms with E-state index < -0.39 is 5.54 Å². The third kappa shape index (κ3) is 5.66. The van der Waals surface area contributed by atoms with E-state index in [-0.39, 0.29) is 11.7 Å². The summed E-state index contributed by atoms with van der Waals surface area (Å²) >= 11 is 0. The molecule has 0 atom stereocenters. The van der Waals surface area contributed by atoms with Gasteiger partial charge in [-0.15, -0.1) is 0 Å². The number of pyridine rings is 1. The van der Waals surface area contributed by atoms with E-state index in [0.717, 1.165) is 36.8 Å². The summed E-state index contributed by atoms with van der Waals surface area (Å²) in [5.41, 5.74) is 9.52. The van der Waals surface area contributed by atoms with E-state index >= 15 is 0 Å². The predicted molar refractivity (Wildman–Crippen MR) is 132 cm³/mol. The highest BCUT2D eigenvalue weighted by Gasteiger charge is 2.21. The number of hydrogen-bond donors (Lipinski definition) is 2. The van der Waals surface area contributed by atoms with Crippen LogP contribution < -0.4 is 11.1 Å². The Bertz CT molecular complexity index is 1120. The van der Waals surface area contributed by atoms with Crippen LogP contribution in [0.15, 0.2) is 60.8 Å². The van der Waals surface area contributed by atoms with Gasteiger partial charge in [-0.05, 0) is 69.6 Å². The first-order valence-corrected chi connectivity index (χ1v) is 11.6. The summed E-state index contributed by atoms with van der Waals surface area (Å²) in [4.78, 5) is 17.3. The van der Waals surface area contributed by atoms with Gasteiger partial charge in [-0.25, -0.2) is 4.39 Å². The van der Waals surface area contributed by atoms with E-state index in [1.165, 1.54) is 6.07 Å². The minimum Gasteiger partial charge on any atom is -0.325 e. The molecule has 1 aliphatic rings.